The summed E-state index contributed by atoms with van der Waals surface area (Å²) in [6, 6.07) is 8.70. The van der Waals surface area contributed by atoms with Crippen molar-refractivity contribution in [1.82, 2.24) is 15.2 Å². The third-order valence-corrected chi connectivity index (χ3v) is 4.65. The first-order valence-corrected chi connectivity index (χ1v) is 8.86. The summed E-state index contributed by atoms with van der Waals surface area (Å²) in [5.41, 5.74) is 0.595. The summed E-state index contributed by atoms with van der Waals surface area (Å²) in [5.74, 6) is 1.71. The van der Waals surface area contributed by atoms with Crippen LogP contribution in [0.15, 0.2) is 42.7 Å². The molecule has 0 bridgehead atoms. The van der Waals surface area contributed by atoms with Gasteiger partial charge in [-0.3, -0.25) is 9.78 Å². The van der Waals surface area contributed by atoms with Crippen molar-refractivity contribution in [1.29, 1.82) is 0 Å². The van der Waals surface area contributed by atoms with Gasteiger partial charge in [0.05, 0.1) is 5.02 Å². The van der Waals surface area contributed by atoms with Crippen molar-refractivity contribution in [2.75, 3.05) is 26.7 Å². The van der Waals surface area contributed by atoms with Gasteiger partial charge in [-0.1, -0.05) is 11.6 Å². The fourth-order valence-corrected chi connectivity index (χ4v) is 3.36. The summed E-state index contributed by atoms with van der Waals surface area (Å²) in [5, 5.41) is 3.62. The number of nitrogens with zero attached hydrogens (tertiary/aromatic N) is 2. The average molecular weight is 360 g/mol. The van der Waals surface area contributed by atoms with E-state index in [9.17, 15) is 4.79 Å². The molecule has 1 aromatic carbocycles. The van der Waals surface area contributed by atoms with Gasteiger partial charge in [0.2, 0.25) is 0 Å². The van der Waals surface area contributed by atoms with E-state index in [0.29, 0.717) is 28.0 Å². The molecule has 1 N–H and O–H groups in total. The average Bonchev–Trinajstić information content (AvgIpc) is 2.64. The predicted octanol–water partition coefficient (Wildman–Crippen LogP) is 3.60. The number of pyridine rings is 1. The van der Waals surface area contributed by atoms with Gasteiger partial charge in [0.1, 0.15) is 11.5 Å². The molecule has 2 heterocycles. The molecule has 0 radical (unpaired) electrons. The molecule has 132 valence electrons. The summed E-state index contributed by atoms with van der Waals surface area (Å²) >= 11 is 6.32. The molecule has 1 atom stereocenters. The van der Waals surface area contributed by atoms with Crippen molar-refractivity contribution >= 4 is 17.5 Å². The van der Waals surface area contributed by atoms with E-state index in [0.717, 1.165) is 32.5 Å². The zero-order chi connectivity index (χ0) is 17.6. The topological polar surface area (TPSA) is 54.5 Å². The second-order valence-corrected chi connectivity index (χ2v) is 6.65. The minimum atomic E-state index is 0.0261. The van der Waals surface area contributed by atoms with E-state index in [-0.39, 0.29) is 5.91 Å². The molecule has 0 saturated carbocycles. The molecule has 5 nitrogen and oxygen atoms in total. The van der Waals surface area contributed by atoms with Crippen molar-refractivity contribution in [3.05, 3.63) is 53.3 Å². The van der Waals surface area contributed by atoms with Gasteiger partial charge in [-0.2, -0.15) is 0 Å². The largest absolute Gasteiger partial charge is 0.456 e. The quantitative estimate of drug-likeness (QED) is 0.886. The SMILES string of the molecule is CNCC1CCCN(C(=O)c2ccc(Oc3ccncc3)c(Cl)c2)C1. The molecular formula is C19H22ClN3O2. The molecule has 6 heteroatoms. The van der Waals surface area contributed by atoms with Crippen LogP contribution in [0.3, 0.4) is 0 Å². The molecule has 1 aliphatic rings. The van der Waals surface area contributed by atoms with Crippen LogP contribution in [0.4, 0.5) is 0 Å². The summed E-state index contributed by atoms with van der Waals surface area (Å²) in [4.78, 5) is 18.6. The molecule has 1 fully saturated rings. The van der Waals surface area contributed by atoms with Gasteiger partial charge in [0, 0.05) is 31.0 Å². The zero-order valence-electron chi connectivity index (χ0n) is 14.2. The molecule has 3 rings (SSSR count). The lowest BCUT2D eigenvalue weighted by Gasteiger charge is -2.32. The van der Waals surface area contributed by atoms with Crippen LogP contribution in [0.5, 0.6) is 11.5 Å². The maximum absolute atomic E-state index is 12.8. The molecule has 0 spiro atoms. The Morgan fingerprint density at radius 3 is 2.88 bits per heavy atom. The lowest BCUT2D eigenvalue weighted by Crippen LogP contribution is -2.42. The molecule has 1 unspecified atom stereocenters. The van der Waals surface area contributed by atoms with Gasteiger partial charge in [-0.05, 0) is 62.7 Å². The Morgan fingerprint density at radius 1 is 1.36 bits per heavy atom. The first-order chi connectivity index (χ1) is 12.2. The first kappa shape index (κ1) is 17.7. The second-order valence-electron chi connectivity index (χ2n) is 6.25. The van der Waals surface area contributed by atoms with Gasteiger partial charge in [-0.25, -0.2) is 0 Å². The van der Waals surface area contributed by atoms with Gasteiger partial charge < -0.3 is 15.0 Å². The number of hydrogen-bond donors (Lipinski definition) is 1. The standard InChI is InChI=1S/C19H22ClN3O2/c1-21-12-14-3-2-10-23(13-14)19(24)15-4-5-18(17(20)11-15)25-16-6-8-22-9-7-16/h4-9,11,14,21H,2-3,10,12-13H2,1H3. The van der Waals surface area contributed by atoms with Gasteiger partial charge in [0.15, 0.2) is 0 Å². The maximum Gasteiger partial charge on any atom is 0.253 e. The van der Waals surface area contributed by atoms with Crippen LogP contribution in [-0.4, -0.2) is 42.5 Å². The molecule has 1 aromatic heterocycles. The van der Waals surface area contributed by atoms with Crippen molar-refractivity contribution in [3.8, 4) is 11.5 Å². The smallest absolute Gasteiger partial charge is 0.253 e. The van der Waals surface area contributed by atoms with Crippen LogP contribution in [-0.2, 0) is 0 Å². The van der Waals surface area contributed by atoms with Gasteiger partial charge in [-0.15, -0.1) is 0 Å². The minimum Gasteiger partial charge on any atom is -0.456 e. The lowest BCUT2D eigenvalue weighted by molar-refractivity contribution is 0.0674. The Bertz CT molecular complexity index is 722. The van der Waals surface area contributed by atoms with Crippen LogP contribution >= 0.6 is 11.6 Å². The number of ether oxygens (including phenoxy) is 1. The Morgan fingerprint density at radius 2 is 2.16 bits per heavy atom. The number of aromatic nitrogens is 1. The van der Waals surface area contributed by atoms with Crippen LogP contribution < -0.4 is 10.1 Å². The van der Waals surface area contributed by atoms with E-state index >= 15 is 0 Å². The summed E-state index contributed by atoms with van der Waals surface area (Å²) in [7, 11) is 1.95. The first-order valence-electron chi connectivity index (χ1n) is 8.48. The lowest BCUT2D eigenvalue weighted by atomic mass is 9.97. The highest BCUT2D eigenvalue weighted by Crippen LogP contribution is 2.30. The van der Waals surface area contributed by atoms with Crippen LogP contribution in [0.1, 0.15) is 23.2 Å². The number of halogens is 1. The maximum atomic E-state index is 12.8. The number of likely N-dealkylation sites (tertiary alicyclic amines) is 1. The Kier molecular flexibility index (Phi) is 5.89. The molecule has 25 heavy (non-hydrogen) atoms. The highest BCUT2D eigenvalue weighted by Gasteiger charge is 2.24. The van der Waals surface area contributed by atoms with Gasteiger partial charge in [0.25, 0.3) is 5.91 Å². The van der Waals surface area contributed by atoms with E-state index in [1.165, 1.54) is 0 Å². The Labute approximate surface area is 153 Å². The number of hydrogen-bond acceptors (Lipinski definition) is 4. The van der Waals surface area contributed by atoms with Crippen molar-refractivity contribution in [3.63, 3.8) is 0 Å². The normalized spacial score (nSPS) is 17.4. The van der Waals surface area contributed by atoms with Gasteiger partial charge >= 0.3 is 0 Å². The van der Waals surface area contributed by atoms with E-state index in [1.807, 2.05) is 11.9 Å². The highest BCUT2D eigenvalue weighted by atomic mass is 35.5. The highest BCUT2D eigenvalue weighted by molar-refractivity contribution is 6.32. The fraction of sp³-hybridized carbons (Fsp3) is 0.368. The van der Waals surface area contributed by atoms with E-state index in [4.69, 9.17) is 16.3 Å². The predicted molar refractivity (Wildman–Crippen MR) is 98.3 cm³/mol. The third-order valence-electron chi connectivity index (χ3n) is 4.36. The van der Waals surface area contributed by atoms with E-state index in [1.54, 1.807) is 42.7 Å². The van der Waals surface area contributed by atoms with Crippen LogP contribution in [0.2, 0.25) is 5.02 Å². The summed E-state index contributed by atoms with van der Waals surface area (Å²) in [6.45, 7) is 2.52. The fourth-order valence-electron chi connectivity index (χ4n) is 3.14. The molecule has 1 aliphatic heterocycles. The molecule has 1 amide bonds. The minimum absolute atomic E-state index is 0.0261. The molecule has 0 aliphatic carbocycles. The van der Waals surface area contributed by atoms with Crippen molar-refractivity contribution in [2.45, 2.75) is 12.8 Å². The van der Waals surface area contributed by atoms with Crippen molar-refractivity contribution in [2.24, 2.45) is 5.92 Å². The Balaban J connectivity index is 1.70. The zero-order valence-corrected chi connectivity index (χ0v) is 15.0. The van der Waals surface area contributed by atoms with E-state index < -0.39 is 0 Å². The van der Waals surface area contributed by atoms with Crippen molar-refractivity contribution < 1.29 is 9.53 Å². The number of nitrogens with one attached hydrogen (secondary N) is 1. The molecule has 2 aromatic rings. The monoisotopic (exact) mass is 359 g/mol. The molecule has 1 saturated heterocycles. The number of carbonyl (C=O) groups excluding carboxylic acids is 1. The summed E-state index contributed by atoms with van der Waals surface area (Å²) < 4.78 is 5.73. The van der Waals surface area contributed by atoms with E-state index in [2.05, 4.69) is 10.3 Å². The number of benzene rings is 1. The number of piperidine rings is 1. The molecular weight excluding hydrogens is 338 g/mol. The second kappa shape index (κ2) is 8.32. The number of carbonyl (C=O) groups is 1. The van der Waals surface area contributed by atoms with Crippen LogP contribution in [0.25, 0.3) is 0 Å². The van der Waals surface area contributed by atoms with Crippen LogP contribution in [0, 0.1) is 5.92 Å². The number of rotatable bonds is 5. The third kappa shape index (κ3) is 4.50. The summed E-state index contributed by atoms with van der Waals surface area (Å²) in [6.07, 6.45) is 5.50. The Hall–Kier alpha value is -2.11. The number of amides is 1.